The van der Waals surface area contributed by atoms with E-state index >= 15 is 0 Å². The molecule has 0 aliphatic carbocycles. The number of amides is 2. The Balaban J connectivity index is 1.96. The molecule has 2 aromatic carbocycles. The Bertz CT molecular complexity index is 599. The molecule has 0 unspecified atom stereocenters. The Hall–Kier alpha value is -2.20. The van der Waals surface area contributed by atoms with Crippen LogP contribution in [-0.2, 0) is 6.54 Å². The van der Waals surface area contributed by atoms with Crippen molar-refractivity contribution in [3.63, 3.8) is 0 Å². The van der Waals surface area contributed by atoms with E-state index in [1.807, 2.05) is 18.2 Å². The van der Waals surface area contributed by atoms with Gasteiger partial charge in [-0.25, -0.2) is 4.79 Å². The molecule has 2 N–H and O–H groups in total. The number of hydrogen-bond donors (Lipinski definition) is 2. The Morgan fingerprint density at radius 2 is 1.95 bits per heavy atom. The van der Waals surface area contributed by atoms with Gasteiger partial charge in [0.1, 0.15) is 5.75 Å². The second-order valence-electron chi connectivity index (χ2n) is 4.36. The summed E-state index contributed by atoms with van der Waals surface area (Å²) in [7, 11) is 1.67. The van der Waals surface area contributed by atoms with Gasteiger partial charge in [0, 0.05) is 24.3 Å². The number of benzene rings is 2. The summed E-state index contributed by atoms with van der Waals surface area (Å²) >= 11 is 5.89. The van der Waals surface area contributed by atoms with Gasteiger partial charge < -0.3 is 10.4 Å². The third-order valence-electron chi connectivity index (χ3n) is 2.87. The highest BCUT2D eigenvalue weighted by Gasteiger charge is 2.10. The topological polar surface area (TPSA) is 52.6 Å². The highest BCUT2D eigenvalue weighted by molar-refractivity contribution is 6.30. The smallest absolute Gasteiger partial charge is 0.321 e. The molecule has 2 rings (SSSR count). The number of aromatic hydroxyl groups is 1. The second-order valence-corrected chi connectivity index (χ2v) is 4.80. The van der Waals surface area contributed by atoms with Crippen LogP contribution in [0.1, 0.15) is 5.56 Å². The van der Waals surface area contributed by atoms with Gasteiger partial charge in [-0.15, -0.1) is 0 Å². The minimum atomic E-state index is -0.226. The molecule has 0 aromatic heterocycles. The predicted octanol–water partition coefficient (Wildman–Crippen LogP) is 3.39. The highest BCUT2D eigenvalue weighted by atomic mass is 35.5. The number of halogens is 1. The summed E-state index contributed by atoms with van der Waals surface area (Å²) in [5, 5.41) is 12.7. The van der Waals surface area contributed by atoms with Gasteiger partial charge in [-0.05, 0) is 42.0 Å². The minimum Gasteiger partial charge on any atom is -0.508 e. The van der Waals surface area contributed by atoms with Gasteiger partial charge in [-0.3, -0.25) is 4.90 Å². The van der Waals surface area contributed by atoms with Crippen molar-refractivity contribution in [3.05, 3.63) is 59.1 Å². The standard InChI is InChI=1S/C15H15ClN2O2/c1-18(13-5-7-14(19)8-6-13)15(20)17-10-11-3-2-4-12(16)9-11/h2-9,19H,10H2,1H3,(H,17,20). The van der Waals surface area contributed by atoms with Crippen LogP contribution in [0, 0.1) is 0 Å². The lowest BCUT2D eigenvalue weighted by Gasteiger charge is -2.18. The zero-order valence-electron chi connectivity index (χ0n) is 11.0. The van der Waals surface area contributed by atoms with Crippen LogP contribution in [0.15, 0.2) is 48.5 Å². The molecule has 20 heavy (non-hydrogen) atoms. The van der Waals surface area contributed by atoms with Gasteiger partial charge >= 0.3 is 6.03 Å². The van der Waals surface area contributed by atoms with Crippen LogP contribution in [-0.4, -0.2) is 18.2 Å². The third-order valence-corrected chi connectivity index (χ3v) is 3.11. The summed E-state index contributed by atoms with van der Waals surface area (Å²) in [5.74, 6) is 0.168. The molecule has 0 saturated carbocycles. The Morgan fingerprint density at radius 1 is 1.25 bits per heavy atom. The van der Waals surface area contributed by atoms with Crippen molar-refractivity contribution in [3.8, 4) is 5.75 Å². The van der Waals surface area contributed by atoms with Crippen molar-refractivity contribution in [2.45, 2.75) is 6.54 Å². The van der Waals surface area contributed by atoms with E-state index in [1.54, 1.807) is 25.2 Å². The maximum absolute atomic E-state index is 12.0. The number of hydrogen-bond acceptors (Lipinski definition) is 2. The Labute approximate surface area is 122 Å². The first-order chi connectivity index (χ1) is 9.56. The van der Waals surface area contributed by atoms with E-state index < -0.39 is 0 Å². The number of phenols is 1. The van der Waals surface area contributed by atoms with Gasteiger partial charge in [-0.2, -0.15) is 0 Å². The molecule has 0 fully saturated rings. The van der Waals surface area contributed by atoms with Crippen molar-refractivity contribution in [2.75, 3.05) is 11.9 Å². The number of carbonyl (C=O) groups is 1. The van der Waals surface area contributed by atoms with Gasteiger partial charge in [0.25, 0.3) is 0 Å². The van der Waals surface area contributed by atoms with Crippen LogP contribution in [0.2, 0.25) is 5.02 Å². The molecule has 4 nitrogen and oxygen atoms in total. The summed E-state index contributed by atoms with van der Waals surface area (Å²) < 4.78 is 0. The summed E-state index contributed by atoms with van der Waals surface area (Å²) in [5.41, 5.74) is 1.64. The maximum atomic E-state index is 12.0. The van der Waals surface area contributed by atoms with E-state index in [0.29, 0.717) is 17.3 Å². The average Bonchev–Trinajstić information content (AvgIpc) is 2.45. The molecule has 0 aliphatic heterocycles. The van der Waals surface area contributed by atoms with Gasteiger partial charge in [-0.1, -0.05) is 23.7 Å². The van der Waals surface area contributed by atoms with E-state index in [4.69, 9.17) is 11.6 Å². The first-order valence-corrected chi connectivity index (χ1v) is 6.49. The number of urea groups is 1. The van der Waals surface area contributed by atoms with Crippen LogP contribution >= 0.6 is 11.6 Å². The number of carbonyl (C=O) groups excluding carboxylic acids is 1. The molecule has 0 heterocycles. The molecule has 2 amide bonds. The molecule has 0 aliphatic rings. The molecule has 0 saturated heterocycles. The number of anilines is 1. The van der Waals surface area contributed by atoms with Gasteiger partial charge in [0.05, 0.1) is 0 Å². The summed E-state index contributed by atoms with van der Waals surface area (Å²) in [6, 6.07) is 13.5. The fourth-order valence-corrected chi connectivity index (χ4v) is 1.95. The lowest BCUT2D eigenvalue weighted by Crippen LogP contribution is -2.36. The number of nitrogens with zero attached hydrogens (tertiary/aromatic N) is 1. The van der Waals surface area contributed by atoms with Gasteiger partial charge in [0.15, 0.2) is 0 Å². The zero-order chi connectivity index (χ0) is 14.5. The van der Waals surface area contributed by atoms with Gasteiger partial charge in [0.2, 0.25) is 0 Å². The van der Waals surface area contributed by atoms with Crippen molar-refractivity contribution in [2.24, 2.45) is 0 Å². The van der Waals surface area contributed by atoms with E-state index in [2.05, 4.69) is 5.32 Å². The first-order valence-electron chi connectivity index (χ1n) is 6.11. The average molecular weight is 291 g/mol. The summed E-state index contributed by atoms with van der Waals surface area (Å²) in [6.45, 7) is 0.405. The largest absolute Gasteiger partial charge is 0.508 e. The van der Waals surface area contributed by atoms with E-state index in [9.17, 15) is 9.90 Å². The summed E-state index contributed by atoms with van der Waals surface area (Å²) in [4.78, 5) is 13.5. The molecule has 0 atom stereocenters. The zero-order valence-corrected chi connectivity index (χ0v) is 11.8. The lowest BCUT2D eigenvalue weighted by atomic mass is 10.2. The number of rotatable bonds is 3. The first kappa shape index (κ1) is 14.2. The predicted molar refractivity (Wildman–Crippen MR) is 80.2 cm³/mol. The monoisotopic (exact) mass is 290 g/mol. The molecule has 2 aromatic rings. The van der Waals surface area contributed by atoms with Crippen LogP contribution < -0.4 is 10.2 Å². The third kappa shape index (κ3) is 3.65. The van der Waals surface area contributed by atoms with E-state index in [0.717, 1.165) is 5.56 Å². The van der Waals surface area contributed by atoms with Crippen LogP contribution in [0.5, 0.6) is 5.75 Å². The number of phenolic OH excluding ortho intramolecular Hbond substituents is 1. The maximum Gasteiger partial charge on any atom is 0.321 e. The lowest BCUT2D eigenvalue weighted by molar-refractivity contribution is 0.247. The minimum absolute atomic E-state index is 0.168. The SMILES string of the molecule is CN(C(=O)NCc1cccc(Cl)c1)c1ccc(O)cc1. The molecular weight excluding hydrogens is 276 g/mol. The second kappa shape index (κ2) is 6.30. The molecule has 5 heteroatoms. The molecule has 0 bridgehead atoms. The van der Waals surface area contributed by atoms with Crippen molar-refractivity contribution < 1.29 is 9.90 Å². The molecule has 0 radical (unpaired) electrons. The van der Waals surface area contributed by atoms with Crippen LogP contribution in [0.25, 0.3) is 0 Å². The van der Waals surface area contributed by atoms with Crippen molar-refractivity contribution in [1.29, 1.82) is 0 Å². The quantitative estimate of drug-likeness (QED) is 0.910. The molecule has 104 valence electrons. The highest BCUT2D eigenvalue weighted by Crippen LogP contribution is 2.17. The fraction of sp³-hybridized carbons (Fsp3) is 0.133. The van der Waals surface area contributed by atoms with Crippen LogP contribution in [0.3, 0.4) is 0 Å². The Morgan fingerprint density at radius 3 is 2.60 bits per heavy atom. The molecular formula is C15H15ClN2O2. The fourth-order valence-electron chi connectivity index (χ4n) is 1.74. The van der Waals surface area contributed by atoms with Crippen molar-refractivity contribution >= 4 is 23.3 Å². The summed E-state index contributed by atoms with van der Waals surface area (Å²) in [6.07, 6.45) is 0. The van der Waals surface area contributed by atoms with Crippen LogP contribution in [0.4, 0.5) is 10.5 Å². The Kier molecular flexibility index (Phi) is 4.48. The van der Waals surface area contributed by atoms with Crippen molar-refractivity contribution in [1.82, 2.24) is 5.32 Å². The normalized spacial score (nSPS) is 10.1. The number of nitrogens with one attached hydrogen (secondary N) is 1. The molecule has 0 spiro atoms. The van der Waals surface area contributed by atoms with E-state index in [1.165, 1.54) is 17.0 Å². The van der Waals surface area contributed by atoms with E-state index in [-0.39, 0.29) is 11.8 Å².